The zero-order chi connectivity index (χ0) is 26.2. The largest absolute Gasteiger partial charge is 0.359 e. The molecule has 6 nitrogen and oxygen atoms in total. The molecule has 0 unspecified atom stereocenters. The van der Waals surface area contributed by atoms with Gasteiger partial charge in [-0.3, -0.25) is 9.59 Å². The molecule has 2 aromatic carbocycles. The number of rotatable bonds is 6. The zero-order valence-electron chi connectivity index (χ0n) is 21.7. The molecular weight excluding hydrogens is 479 g/mol. The van der Waals surface area contributed by atoms with E-state index in [4.69, 9.17) is 0 Å². The maximum Gasteiger partial charge on any atom is 0.256 e. The number of hydrogen-bond donors (Lipinski definition) is 2. The van der Waals surface area contributed by atoms with Crippen molar-refractivity contribution in [3.63, 3.8) is 0 Å². The Bertz CT molecular complexity index is 1420. The van der Waals surface area contributed by atoms with E-state index in [2.05, 4.69) is 20.1 Å². The molecule has 3 aliphatic heterocycles. The van der Waals surface area contributed by atoms with Crippen molar-refractivity contribution in [2.45, 2.75) is 45.1 Å². The van der Waals surface area contributed by atoms with E-state index < -0.39 is 0 Å². The molecule has 196 valence electrons. The highest BCUT2D eigenvalue weighted by Gasteiger charge is 2.32. The molecule has 7 heteroatoms. The second-order valence-electron chi connectivity index (χ2n) is 10.7. The number of amides is 2. The van der Waals surface area contributed by atoms with Crippen LogP contribution in [-0.4, -0.2) is 58.8 Å². The number of nitrogens with zero attached hydrogens (tertiary/aromatic N) is 2. The van der Waals surface area contributed by atoms with Gasteiger partial charge in [0.1, 0.15) is 5.82 Å². The Morgan fingerprint density at radius 2 is 1.84 bits per heavy atom. The van der Waals surface area contributed by atoms with Crippen LogP contribution in [0, 0.1) is 12.7 Å². The highest BCUT2D eigenvalue weighted by atomic mass is 19.1. The number of aromatic amines is 1. The van der Waals surface area contributed by atoms with Gasteiger partial charge in [-0.2, -0.15) is 0 Å². The monoisotopic (exact) mass is 512 g/mol. The second-order valence-corrected chi connectivity index (χ2v) is 10.7. The van der Waals surface area contributed by atoms with Gasteiger partial charge in [-0.1, -0.05) is 30.3 Å². The summed E-state index contributed by atoms with van der Waals surface area (Å²) in [7, 11) is 0. The molecule has 1 atom stereocenters. The molecule has 2 N–H and O–H groups in total. The molecule has 0 spiro atoms. The number of anilines is 1. The van der Waals surface area contributed by atoms with Crippen molar-refractivity contribution in [3.8, 4) is 11.1 Å². The first-order valence-corrected chi connectivity index (χ1v) is 13.6. The molecule has 3 aliphatic rings. The van der Waals surface area contributed by atoms with Crippen LogP contribution < -0.4 is 5.32 Å². The standard InChI is InChI=1S/C31H33FN4O2/c1-20-16-21(17-29(37)36-15-7-8-22(36)19-35-13-4-5-14-35)28(33-20)18-25-30-24(23-9-2-3-11-26(23)32)10-6-12-27(30)34-31(25)38/h2-3,6,9-12,16,18,22,33H,4-5,7-8,13-15,17,19H2,1H3,(H,34,38)/t22-/m0/s1. The van der Waals surface area contributed by atoms with Crippen molar-refractivity contribution in [1.29, 1.82) is 0 Å². The van der Waals surface area contributed by atoms with E-state index in [0.29, 0.717) is 28.0 Å². The van der Waals surface area contributed by atoms with Crippen LogP contribution in [0.5, 0.6) is 0 Å². The predicted molar refractivity (Wildman–Crippen MR) is 148 cm³/mol. The fraction of sp³-hybridized carbons (Fsp3) is 0.355. The molecule has 4 heterocycles. The lowest BCUT2D eigenvalue weighted by Gasteiger charge is -2.28. The second kappa shape index (κ2) is 10.2. The van der Waals surface area contributed by atoms with Gasteiger partial charge in [0.15, 0.2) is 0 Å². The molecule has 2 amide bonds. The summed E-state index contributed by atoms with van der Waals surface area (Å²) >= 11 is 0. The number of fused-ring (bicyclic) bond motifs is 1. The van der Waals surface area contributed by atoms with E-state index in [9.17, 15) is 14.0 Å². The summed E-state index contributed by atoms with van der Waals surface area (Å²) in [5, 5.41) is 2.93. The Morgan fingerprint density at radius 3 is 2.66 bits per heavy atom. The van der Waals surface area contributed by atoms with Crippen molar-refractivity contribution in [2.75, 3.05) is 31.5 Å². The Morgan fingerprint density at radius 1 is 1.05 bits per heavy atom. The van der Waals surface area contributed by atoms with E-state index in [1.54, 1.807) is 18.2 Å². The Balaban J connectivity index is 1.30. The van der Waals surface area contributed by atoms with Crippen LogP contribution in [0.15, 0.2) is 48.5 Å². The fourth-order valence-electron chi connectivity index (χ4n) is 6.26. The normalized spacial score (nSPS) is 20.4. The first-order chi connectivity index (χ1) is 18.5. The SMILES string of the molecule is Cc1cc(CC(=O)N2CCC[C@H]2CN2CCCC2)c(C=C2C(=O)Nc3cccc(-c4ccccc4F)c32)[nH]1. The summed E-state index contributed by atoms with van der Waals surface area (Å²) in [6.07, 6.45) is 6.69. The average Bonchev–Trinajstić information content (AvgIpc) is 3.69. The van der Waals surface area contributed by atoms with Gasteiger partial charge in [0.25, 0.3) is 5.91 Å². The predicted octanol–water partition coefficient (Wildman–Crippen LogP) is 5.25. The van der Waals surface area contributed by atoms with Gasteiger partial charge in [-0.25, -0.2) is 4.39 Å². The van der Waals surface area contributed by atoms with E-state index in [0.717, 1.165) is 56.0 Å². The minimum Gasteiger partial charge on any atom is -0.359 e. The number of benzene rings is 2. The van der Waals surface area contributed by atoms with Crippen LogP contribution in [0.4, 0.5) is 10.1 Å². The highest BCUT2D eigenvalue weighted by molar-refractivity contribution is 6.36. The van der Waals surface area contributed by atoms with Gasteiger partial charge < -0.3 is 20.1 Å². The van der Waals surface area contributed by atoms with E-state index in [1.807, 2.05) is 37.3 Å². The third kappa shape index (κ3) is 4.67. The van der Waals surface area contributed by atoms with Crippen molar-refractivity contribution in [1.82, 2.24) is 14.8 Å². The van der Waals surface area contributed by atoms with E-state index >= 15 is 0 Å². The van der Waals surface area contributed by atoms with Gasteiger partial charge >= 0.3 is 0 Å². The van der Waals surface area contributed by atoms with Crippen LogP contribution in [0.3, 0.4) is 0 Å². The maximum absolute atomic E-state index is 14.7. The van der Waals surface area contributed by atoms with Gasteiger partial charge in [0.2, 0.25) is 5.91 Å². The summed E-state index contributed by atoms with van der Waals surface area (Å²) < 4.78 is 14.7. The molecule has 3 aromatic rings. The van der Waals surface area contributed by atoms with Crippen molar-refractivity contribution in [2.24, 2.45) is 0 Å². The smallest absolute Gasteiger partial charge is 0.256 e. The Labute approximate surface area is 222 Å². The fourth-order valence-corrected chi connectivity index (χ4v) is 6.26. The minimum atomic E-state index is -0.337. The number of aryl methyl sites for hydroxylation is 1. The summed E-state index contributed by atoms with van der Waals surface area (Å²) in [5.41, 5.74) is 5.44. The van der Waals surface area contributed by atoms with Crippen molar-refractivity contribution < 1.29 is 14.0 Å². The number of carbonyl (C=O) groups excluding carboxylic acids is 2. The Kier molecular flexibility index (Phi) is 6.62. The molecule has 0 saturated carbocycles. The number of hydrogen-bond acceptors (Lipinski definition) is 3. The summed E-state index contributed by atoms with van der Waals surface area (Å²) in [5.74, 6) is -0.442. The quantitative estimate of drug-likeness (QED) is 0.443. The lowest BCUT2D eigenvalue weighted by Crippen LogP contribution is -2.43. The molecule has 38 heavy (non-hydrogen) atoms. The van der Waals surface area contributed by atoms with Crippen LogP contribution in [0.2, 0.25) is 0 Å². The number of likely N-dealkylation sites (tertiary alicyclic amines) is 2. The highest BCUT2D eigenvalue weighted by Crippen LogP contribution is 2.41. The average molecular weight is 513 g/mol. The summed E-state index contributed by atoms with van der Waals surface area (Å²) in [4.78, 5) is 34.5. The molecular formula is C31H33FN4O2. The van der Waals surface area contributed by atoms with E-state index in [1.165, 1.54) is 18.9 Å². The van der Waals surface area contributed by atoms with Gasteiger partial charge in [0.05, 0.1) is 12.0 Å². The molecule has 0 aliphatic carbocycles. The van der Waals surface area contributed by atoms with Crippen molar-refractivity contribution >= 4 is 29.2 Å². The number of nitrogens with one attached hydrogen (secondary N) is 2. The first kappa shape index (κ1) is 24.6. The lowest BCUT2D eigenvalue weighted by atomic mass is 9.93. The molecule has 1 aromatic heterocycles. The van der Waals surface area contributed by atoms with Gasteiger partial charge in [0, 0.05) is 47.3 Å². The number of carbonyl (C=O) groups is 2. The van der Waals surface area contributed by atoms with Gasteiger partial charge in [-0.05, 0) is 81.1 Å². The third-order valence-electron chi connectivity index (χ3n) is 8.05. The molecule has 2 fully saturated rings. The molecule has 0 bridgehead atoms. The minimum absolute atomic E-state index is 0.133. The maximum atomic E-state index is 14.7. The number of halogens is 1. The van der Waals surface area contributed by atoms with Crippen LogP contribution >= 0.6 is 0 Å². The molecule has 6 rings (SSSR count). The van der Waals surface area contributed by atoms with Crippen LogP contribution in [-0.2, 0) is 16.0 Å². The summed E-state index contributed by atoms with van der Waals surface area (Å²) in [6, 6.07) is 14.4. The summed E-state index contributed by atoms with van der Waals surface area (Å²) in [6.45, 7) is 5.98. The number of aromatic nitrogens is 1. The molecule has 0 radical (unpaired) electrons. The Hall–Kier alpha value is -3.71. The topological polar surface area (TPSA) is 68.4 Å². The van der Waals surface area contributed by atoms with Gasteiger partial charge in [-0.15, -0.1) is 0 Å². The number of H-pyrrole nitrogens is 1. The van der Waals surface area contributed by atoms with Crippen molar-refractivity contribution in [3.05, 3.63) is 76.9 Å². The third-order valence-corrected chi connectivity index (χ3v) is 8.05. The van der Waals surface area contributed by atoms with E-state index in [-0.39, 0.29) is 30.1 Å². The zero-order valence-corrected chi connectivity index (χ0v) is 21.7. The van der Waals surface area contributed by atoms with Crippen LogP contribution in [0.1, 0.15) is 48.2 Å². The van der Waals surface area contributed by atoms with Crippen LogP contribution in [0.25, 0.3) is 22.8 Å². The first-order valence-electron chi connectivity index (χ1n) is 13.6. The lowest BCUT2D eigenvalue weighted by molar-refractivity contribution is -0.131. The molecule has 2 saturated heterocycles.